The number of hydrogen-bond acceptors (Lipinski definition) is 3. The van der Waals surface area contributed by atoms with Crippen LogP contribution in [0.1, 0.15) is 68.4 Å². The van der Waals surface area contributed by atoms with Crippen molar-refractivity contribution in [2.45, 2.75) is 64.0 Å². The predicted octanol–water partition coefficient (Wildman–Crippen LogP) is 2.13. The summed E-state index contributed by atoms with van der Waals surface area (Å²) in [6, 6.07) is 1.66. The van der Waals surface area contributed by atoms with Crippen molar-refractivity contribution in [1.82, 2.24) is 20.0 Å². The van der Waals surface area contributed by atoms with Gasteiger partial charge in [-0.1, -0.05) is 12.8 Å². The Labute approximate surface area is 137 Å². The van der Waals surface area contributed by atoms with Gasteiger partial charge in [0.2, 0.25) is 5.91 Å². The van der Waals surface area contributed by atoms with Gasteiger partial charge in [0.05, 0.1) is 6.04 Å². The summed E-state index contributed by atoms with van der Waals surface area (Å²) < 4.78 is 1.90. The first kappa shape index (κ1) is 16.0. The number of nitrogens with one attached hydrogen (secondary N) is 1. The molecule has 1 atom stereocenters. The van der Waals surface area contributed by atoms with Crippen LogP contribution in [-0.2, 0) is 4.79 Å². The van der Waals surface area contributed by atoms with Crippen LogP contribution in [0, 0.1) is 0 Å². The van der Waals surface area contributed by atoms with Crippen molar-refractivity contribution >= 4 is 11.8 Å². The highest BCUT2D eigenvalue weighted by Gasteiger charge is 2.25. The number of likely N-dealkylation sites (tertiary alicyclic amines) is 1. The molecule has 2 amide bonds. The fraction of sp³-hybridized carbons (Fsp3) is 0.706. The van der Waals surface area contributed by atoms with E-state index in [0.29, 0.717) is 11.7 Å². The molecule has 1 N–H and O–H groups in total. The van der Waals surface area contributed by atoms with Crippen molar-refractivity contribution in [2.24, 2.45) is 0 Å². The van der Waals surface area contributed by atoms with Gasteiger partial charge in [-0.15, -0.1) is 0 Å². The number of hydrogen-bond donors (Lipinski definition) is 1. The molecule has 126 valence electrons. The van der Waals surface area contributed by atoms with E-state index >= 15 is 0 Å². The van der Waals surface area contributed by atoms with E-state index in [1.807, 2.05) is 15.8 Å². The lowest BCUT2D eigenvalue weighted by atomic mass is 10.1. The highest BCUT2D eigenvalue weighted by atomic mass is 16.2. The fourth-order valence-corrected chi connectivity index (χ4v) is 3.55. The lowest BCUT2D eigenvalue weighted by Crippen LogP contribution is -2.48. The lowest BCUT2D eigenvalue weighted by Gasteiger charge is -2.29. The first-order chi connectivity index (χ1) is 11.1. The molecule has 0 aromatic carbocycles. The number of carbonyl (C=O) groups is 2. The van der Waals surface area contributed by atoms with Gasteiger partial charge in [0, 0.05) is 19.3 Å². The van der Waals surface area contributed by atoms with Gasteiger partial charge >= 0.3 is 0 Å². The molecule has 1 saturated carbocycles. The van der Waals surface area contributed by atoms with Gasteiger partial charge in [0.25, 0.3) is 5.91 Å². The molecule has 1 aliphatic heterocycles. The Morgan fingerprint density at radius 1 is 1.17 bits per heavy atom. The molecule has 6 heteroatoms. The molecule has 23 heavy (non-hydrogen) atoms. The molecule has 0 radical (unpaired) electrons. The predicted molar refractivity (Wildman–Crippen MR) is 87.1 cm³/mol. The molecule has 0 spiro atoms. The van der Waals surface area contributed by atoms with Crippen molar-refractivity contribution < 1.29 is 9.59 Å². The minimum Gasteiger partial charge on any atom is -0.341 e. The van der Waals surface area contributed by atoms with E-state index in [9.17, 15) is 9.59 Å². The molecule has 2 heterocycles. The van der Waals surface area contributed by atoms with E-state index in [-0.39, 0.29) is 11.8 Å². The Morgan fingerprint density at radius 3 is 2.57 bits per heavy atom. The van der Waals surface area contributed by atoms with Crippen LogP contribution >= 0.6 is 0 Å². The van der Waals surface area contributed by atoms with Gasteiger partial charge in [0.15, 0.2) is 0 Å². The Bertz CT molecular complexity index is 557. The van der Waals surface area contributed by atoms with Crippen LogP contribution in [0.15, 0.2) is 12.3 Å². The SMILES string of the molecule is CC(NC(=O)c1ccn(C2CCCC2)n1)C(=O)N1CCCCC1. The van der Waals surface area contributed by atoms with Gasteiger partial charge in [-0.3, -0.25) is 14.3 Å². The Hall–Kier alpha value is -1.85. The molecule has 2 fully saturated rings. The van der Waals surface area contributed by atoms with Gasteiger partial charge in [-0.05, 0) is 45.1 Å². The van der Waals surface area contributed by atoms with Crippen LogP contribution in [0.5, 0.6) is 0 Å². The zero-order chi connectivity index (χ0) is 16.2. The smallest absolute Gasteiger partial charge is 0.272 e. The van der Waals surface area contributed by atoms with Crippen LogP contribution < -0.4 is 5.32 Å². The molecule has 1 aromatic heterocycles. The second kappa shape index (κ2) is 7.15. The molecule has 2 aliphatic rings. The maximum atomic E-state index is 12.4. The molecule has 1 saturated heterocycles. The summed E-state index contributed by atoms with van der Waals surface area (Å²) in [6.45, 7) is 3.35. The van der Waals surface area contributed by atoms with Crippen molar-refractivity contribution in [2.75, 3.05) is 13.1 Å². The summed E-state index contributed by atoms with van der Waals surface area (Å²) in [6.07, 6.45) is 9.89. The molecule has 1 aliphatic carbocycles. The number of rotatable bonds is 4. The number of nitrogens with zero attached hydrogens (tertiary/aromatic N) is 3. The molecule has 0 bridgehead atoms. The summed E-state index contributed by atoms with van der Waals surface area (Å²) in [4.78, 5) is 26.5. The maximum absolute atomic E-state index is 12.4. The third-order valence-corrected chi connectivity index (χ3v) is 4.93. The monoisotopic (exact) mass is 318 g/mol. The van der Waals surface area contributed by atoms with Gasteiger partial charge in [-0.2, -0.15) is 5.10 Å². The van der Waals surface area contributed by atoms with Gasteiger partial charge in [0.1, 0.15) is 11.7 Å². The average Bonchev–Trinajstić information content (AvgIpc) is 3.25. The largest absolute Gasteiger partial charge is 0.341 e. The van der Waals surface area contributed by atoms with E-state index in [0.717, 1.165) is 38.8 Å². The minimum atomic E-state index is -0.503. The molecule has 1 unspecified atom stereocenters. The highest BCUT2D eigenvalue weighted by molar-refractivity contribution is 5.95. The van der Waals surface area contributed by atoms with E-state index in [1.54, 1.807) is 13.0 Å². The van der Waals surface area contributed by atoms with E-state index in [1.165, 1.54) is 19.3 Å². The van der Waals surface area contributed by atoms with Crippen LogP contribution in [0.4, 0.5) is 0 Å². The third-order valence-electron chi connectivity index (χ3n) is 4.93. The zero-order valence-electron chi connectivity index (χ0n) is 13.8. The van der Waals surface area contributed by atoms with Crippen molar-refractivity contribution in [3.63, 3.8) is 0 Å². The number of piperidine rings is 1. The zero-order valence-corrected chi connectivity index (χ0v) is 13.8. The topological polar surface area (TPSA) is 67.2 Å². The normalized spacial score (nSPS) is 20.5. The van der Waals surface area contributed by atoms with Gasteiger partial charge in [-0.25, -0.2) is 0 Å². The van der Waals surface area contributed by atoms with Crippen molar-refractivity contribution in [3.05, 3.63) is 18.0 Å². The third kappa shape index (κ3) is 3.74. The number of carbonyl (C=O) groups excluding carboxylic acids is 2. The Balaban J connectivity index is 1.56. The molecule has 3 rings (SSSR count). The second-order valence-electron chi connectivity index (χ2n) is 6.70. The van der Waals surface area contributed by atoms with Crippen LogP contribution in [0.25, 0.3) is 0 Å². The Morgan fingerprint density at radius 2 is 1.87 bits per heavy atom. The first-order valence-electron chi connectivity index (χ1n) is 8.80. The van der Waals surface area contributed by atoms with Crippen LogP contribution in [0.3, 0.4) is 0 Å². The lowest BCUT2D eigenvalue weighted by molar-refractivity contribution is -0.133. The molecule has 6 nitrogen and oxygen atoms in total. The van der Waals surface area contributed by atoms with E-state index in [2.05, 4.69) is 10.4 Å². The summed E-state index contributed by atoms with van der Waals surface area (Å²) in [5.41, 5.74) is 0.398. The van der Waals surface area contributed by atoms with Crippen molar-refractivity contribution in [3.8, 4) is 0 Å². The summed E-state index contributed by atoms with van der Waals surface area (Å²) in [7, 11) is 0. The summed E-state index contributed by atoms with van der Waals surface area (Å²) in [5.74, 6) is -0.257. The maximum Gasteiger partial charge on any atom is 0.272 e. The Kier molecular flexibility index (Phi) is 4.98. The standard InChI is InChI=1S/C17H26N4O2/c1-13(17(23)20-10-5-2-6-11-20)18-16(22)15-9-12-21(19-15)14-7-3-4-8-14/h9,12-14H,2-8,10-11H2,1H3,(H,18,22). The summed E-state index contributed by atoms with van der Waals surface area (Å²) in [5, 5.41) is 7.19. The van der Waals surface area contributed by atoms with Crippen LogP contribution in [-0.4, -0.2) is 45.6 Å². The summed E-state index contributed by atoms with van der Waals surface area (Å²) >= 11 is 0. The highest BCUT2D eigenvalue weighted by Crippen LogP contribution is 2.28. The van der Waals surface area contributed by atoms with E-state index in [4.69, 9.17) is 0 Å². The molecule has 1 aromatic rings. The minimum absolute atomic E-state index is 0.00766. The van der Waals surface area contributed by atoms with Crippen LogP contribution in [0.2, 0.25) is 0 Å². The van der Waals surface area contributed by atoms with E-state index < -0.39 is 6.04 Å². The number of amides is 2. The quantitative estimate of drug-likeness (QED) is 0.925. The molecular weight excluding hydrogens is 292 g/mol. The van der Waals surface area contributed by atoms with Gasteiger partial charge < -0.3 is 10.2 Å². The first-order valence-corrected chi connectivity index (χ1v) is 8.80. The fourth-order valence-electron chi connectivity index (χ4n) is 3.55. The second-order valence-corrected chi connectivity index (χ2v) is 6.70. The van der Waals surface area contributed by atoms with Crippen molar-refractivity contribution in [1.29, 1.82) is 0 Å². The molecular formula is C17H26N4O2. The average molecular weight is 318 g/mol. The number of aromatic nitrogens is 2.